The van der Waals surface area contributed by atoms with Crippen LogP contribution >= 0.6 is 0 Å². The van der Waals surface area contributed by atoms with Gasteiger partial charge < -0.3 is 14.2 Å². The summed E-state index contributed by atoms with van der Waals surface area (Å²) < 4.78 is 7.95. The molecule has 0 atom stereocenters. The molecule has 0 N–H and O–H groups in total. The number of carbonyl (C=O) groups is 1. The number of likely N-dealkylation sites (tertiary alicyclic amines) is 1. The number of aromatic nitrogens is 2. The van der Waals surface area contributed by atoms with Crippen LogP contribution in [0.1, 0.15) is 34.6 Å². The number of ether oxygens (including phenoxy) is 1. The van der Waals surface area contributed by atoms with Crippen molar-refractivity contribution < 1.29 is 9.53 Å². The van der Waals surface area contributed by atoms with Crippen LogP contribution in [0.3, 0.4) is 0 Å². The number of benzene rings is 1. The van der Waals surface area contributed by atoms with Crippen molar-refractivity contribution in [1.29, 1.82) is 0 Å². The Balaban J connectivity index is 1.39. The third kappa shape index (κ3) is 4.19. The van der Waals surface area contributed by atoms with E-state index in [1.54, 1.807) is 6.20 Å². The van der Waals surface area contributed by atoms with Gasteiger partial charge in [-0.2, -0.15) is 0 Å². The minimum atomic E-state index is 0.114. The van der Waals surface area contributed by atoms with Gasteiger partial charge in [-0.15, -0.1) is 0 Å². The van der Waals surface area contributed by atoms with Crippen molar-refractivity contribution >= 4 is 5.91 Å². The summed E-state index contributed by atoms with van der Waals surface area (Å²) in [5, 5.41) is 0. The molecule has 1 saturated heterocycles. The van der Waals surface area contributed by atoms with Gasteiger partial charge in [-0.1, -0.05) is 24.3 Å². The van der Waals surface area contributed by atoms with Gasteiger partial charge in [0.05, 0.1) is 12.2 Å². The molecule has 1 fully saturated rings. The number of rotatable bonds is 5. The first kappa shape index (κ1) is 19.2. The van der Waals surface area contributed by atoms with E-state index in [1.807, 2.05) is 77.9 Å². The minimum absolute atomic E-state index is 0.114. The van der Waals surface area contributed by atoms with E-state index in [4.69, 9.17) is 4.74 Å². The van der Waals surface area contributed by atoms with Crippen molar-refractivity contribution in [2.45, 2.75) is 26.7 Å². The van der Waals surface area contributed by atoms with Gasteiger partial charge in [0.2, 0.25) is 0 Å². The Labute approximate surface area is 171 Å². The molecule has 1 amide bonds. The second-order valence-electron chi connectivity index (χ2n) is 7.67. The van der Waals surface area contributed by atoms with Gasteiger partial charge in [0.25, 0.3) is 5.91 Å². The highest BCUT2D eigenvalue weighted by atomic mass is 16.5. The van der Waals surface area contributed by atoms with Crippen LogP contribution in [0.5, 0.6) is 5.75 Å². The molecule has 4 rings (SSSR count). The largest absolute Gasteiger partial charge is 0.493 e. The zero-order chi connectivity index (χ0) is 20.2. The lowest BCUT2D eigenvalue weighted by Crippen LogP contribution is -2.39. The van der Waals surface area contributed by atoms with E-state index in [1.165, 1.54) is 0 Å². The lowest BCUT2D eigenvalue weighted by molar-refractivity contribution is 0.0660. The summed E-state index contributed by atoms with van der Waals surface area (Å²) in [6.45, 7) is 6.27. The van der Waals surface area contributed by atoms with Crippen LogP contribution in [0.15, 0.2) is 60.8 Å². The summed E-state index contributed by atoms with van der Waals surface area (Å²) in [6.07, 6.45) is 3.72. The monoisotopic (exact) mass is 389 g/mol. The van der Waals surface area contributed by atoms with Gasteiger partial charge in [-0.3, -0.25) is 4.79 Å². The van der Waals surface area contributed by atoms with Crippen LogP contribution in [0.4, 0.5) is 0 Å². The molecule has 5 heteroatoms. The second kappa shape index (κ2) is 8.52. The topological polar surface area (TPSA) is 47.4 Å². The van der Waals surface area contributed by atoms with E-state index < -0.39 is 0 Å². The quantitative estimate of drug-likeness (QED) is 0.649. The fourth-order valence-corrected chi connectivity index (χ4v) is 4.02. The molecule has 1 aromatic carbocycles. The fourth-order valence-electron chi connectivity index (χ4n) is 4.02. The number of piperidine rings is 1. The SMILES string of the molecule is Cc1cc(C(=O)N2CCC(COc3ccccc3)CC2)c(C)n1-c1ccccn1. The van der Waals surface area contributed by atoms with Crippen molar-refractivity contribution in [2.75, 3.05) is 19.7 Å². The fraction of sp³-hybridized carbons (Fsp3) is 0.333. The number of amides is 1. The Hall–Kier alpha value is -3.08. The minimum Gasteiger partial charge on any atom is -0.493 e. The zero-order valence-electron chi connectivity index (χ0n) is 17.0. The van der Waals surface area contributed by atoms with Gasteiger partial charge in [0, 0.05) is 30.7 Å². The summed E-state index contributed by atoms with van der Waals surface area (Å²) in [5.74, 6) is 2.36. The van der Waals surface area contributed by atoms with Gasteiger partial charge in [0.1, 0.15) is 11.6 Å². The highest BCUT2D eigenvalue weighted by molar-refractivity contribution is 5.96. The second-order valence-corrected chi connectivity index (χ2v) is 7.67. The maximum absolute atomic E-state index is 13.2. The first-order chi connectivity index (χ1) is 14.1. The number of hydrogen-bond donors (Lipinski definition) is 0. The Bertz CT molecular complexity index is 959. The molecular weight excluding hydrogens is 362 g/mol. The van der Waals surface area contributed by atoms with Crippen LogP contribution in [0.25, 0.3) is 5.82 Å². The van der Waals surface area contributed by atoms with Crippen LogP contribution < -0.4 is 4.74 Å². The molecule has 1 aliphatic rings. The van der Waals surface area contributed by atoms with Crippen LogP contribution in [0.2, 0.25) is 0 Å². The van der Waals surface area contributed by atoms with Crippen LogP contribution in [-0.2, 0) is 0 Å². The summed E-state index contributed by atoms with van der Waals surface area (Å²) in [7, 11) is 0. The van der Waals surface area contributed by atoms with Gasteiger partial charge in [-0.05, 0) is 62.9 Å². The predicted octanol–water partition coefficient (Wildman–Crippen LogP) is 4.42. The third-order valence-corrected chi connectivity index (χ3v) is 5.67. The number of nitrogens with zero attached hydrogens (tertiary/aromatic N) is 3. The lowest BCUT2D eigenvalue weighted by Gasteiger charge is -2.32. The smallest absolute Gasteiger partial charge is 0.255 e. The van der Waals surface area contributed by atoms with Gasteiger partial charge >= 0.3 is 0 Å². The van der Waals surface area contributed by atoms with Crippen LogP contribution in [0, 0.1) is 19.8 Å². The van der Waals surface area contributed by atoms with E-state index in [9.17, 15) is 4.79 Å². The molecule has 2 aromatic heterocycles. The van der Waals surface area contributed by atoms with Crippen LogP contribution in [-0.4, -0.2) is 40.1 Å². The number of para-hydroxylation sites is 1. The van der Waals surface area contributed by atoms with E-state index >= 15 is 0 Å². The molecule has 0 unspecified atom stereocenters. The molecule has 0 aliphatic carbocycles. The summed E-state index contributed by atoms with van der Waals surface area (Å²) in [5.41, 5.74) is 2.74. The molecule has 0 radical (unpaired) electrons. The van der Waals surface area contributed by atoms with Crippen molar-refractivity contribution in [3.63, 3.8) is 0 Å². The molecule has 150 valence electrons. The number of aryl methyl sites for hydroxylation is 1. The molecule has 1 aliphatic heterocycles. The van der Waals surface area contributed by atoms with Gasteiger partial charge in [0.15, 0.2) is 0 Å². The molecule has 5 nitrogen and oxygen atoms in total. The Kier molecular flexibility index (Phi) is 5.65. The maximum Gasteiger partial charge on any atom is 0.255 e. The molecule has 3 aromatic rings. The van der Waals surface area contributed by atoms with Crippen molar-refractivity contribution in [3.8, 4) is 11.6 Å². The van der Waals surface area contributed by atoms with E-state index in [-0.39, 0.29) is 5.91 Å². The van der Waals surface area contributed by atoms with Crippen molar-refractivity contribution in [3.05, 3.63) is 77.7 Å². The molecule has 29 heavy (non-hydrogen) atoms. The highest BCUT2D eigenvalue weighted by Crippen LogP contribution is 2.24. The Morgan fingerprint density at radius 1 is 1.07 bits per heavy atom. The summed E-state index contributed by atoms with van der Waals surface area (Å²) in [6, 6.07) is 17.7. The van der Waals surface area contributed by atoms with Crippen molar-refractivity contribution in [2.24, 2.45) is 5.92 Å². The Morgan fingerprint density at radius 3 is 2.48 bits per heavy atom. The first-order valence-electron chi connectivity index (χ1n) is 10.2. The third-order valence-electron chi connectivity index (χ3n) is 5.67. The number of pyridine rings is 1. The lowest BCUT2D eigenvalue weighted by atomic mass is 9.97. The normalized spacial score (nSPS) is 14.8. The Morgan fingerprint density at radius 2 is 1.79 bits per heavy atom. The number of hydrogen-bond acceptors (Lipinski definition) is 3. The predicted molar refractivity (Wildman–Crippen MR) is 114 cm³/mol. The molecular formula is C24H27N3O2. The zero-order valence-corrected chi connectivity index (χ0v) is 17.0. The van der Waals surface area contributed by atoms with E-state index in [2.05, 4.69) is 4.98 Å². The molecule has 0 spiro atoms. The first-order valence-corrected chi connectivity index (χ1v) is 10.2. The molecule has 0 bridgehead atoms. The van der Waals surface area contributed by atoms with E-state index in [0.717, 1.165) is 54.4 Å². The molecule has 3 heterocycles. The molecule has 0 saturated carbocycles. The summed E-state index contributed by atoms with van der Waals surface area (Å²) in [4.78, 5) is 19.6. The standard InChI is InChI=1S/C24H27N3O2/c1-18-16-22(19(2)27(18)23-10-6-7-13-25-23)24(28)26-14-11-20(12-15-26)17-29-21-8-4-3-5-9-21/h3-10,13,16,20H,11-12,14-15,17H2,1-2H3. The summed E-state index contributed by atoms with van der Waals surface area (Å²) >= 11 is 0. The average Bonchev–Trinajstić information content (AvgIpc) is 3.07. The van der Waals surface area contributed by atoms with Gasteiger partial charge in [-0.25, -0.2) is 4.98 Å². The van der Waals surface area contributed by atoms with Crippen molar-refractivity contribution in [1.82, 2.24) is 14.5 Å². The van der Waals surface area contributed by atoms with E-state index in [0.29, 0.717) is 12.5 Å². The average molecular weight is 389 g/mol. The number of carbonyl (C=O) groups excluding carboxylic acids is 1. The highest BCUT2D eigenvalue weighted by Gasteiger charge is 2.26. The maximum atomic E-state index is 13.2.